The van der Waals surface area contributed by atoms with Crippen molar-refractivity contribution in [2.45, 2.75) is 24.0 Å². The lowest BCUT2D eigenvalue weighted by molar-refractivity contribution is -0.137. The molecule has 2 N–H and O–H groups in total. The molecule has 1 atom stereocenters. The molecule has 0 unspecified atom stereocenters. The van der Waals surface area contributed by atoms with Crippen molar-refractivity contribution in [3.05, 3.63) is 47.0 Å². The lowest BCUT2D eigenvalue weighted by Gasteiger charge is -2.18. The number of sulfonamides is 1. The van der Waals surface area contributed by atoms with E-state index in [0.717, 1.165) is 6.07 Å². The molecule has 1 amide bonds. The van der Waals surface area contributed by atoms with E-state index >= 15 is 0 Å². The predicted molar refractivity (Wildman–Crippen MR) is 104 cm³/mol. The Morgan fingerprint density at radius 3 is 2.27 bits per heavy atom. The molecule has 0 spiro atoms. The second-order valence-electron chi connectivity index (χ2n) is 6.04. The van der Waals surface area contributed by atoms with Gasteiger partial charge in [-0.05, 0) is 37.3 Å². The largest absolute Gasteiger partial charge is 0.493 e. The summed E-state index contributed by atoms with van der Waals surface area (Å²) >= 11 is 5.60. The average Bonchev–Trinajstić information content (AvgIpc) is 2.67. The van der Waals surface area contributed by atoms with Crippen LogP contribution < -0.4 is 19.5 Å². The quantitative estimate of drug-likeness (QED) is 0.649. The number of methoxy groups -OCH3 is 2. The number of rotatable bonds is 7. The van der Waals surface area contributed by atoms with Gasteiger partial charge in [0.15, 0.2) is 11.5 Å². The molecule has 0 aliphatic rings. The molecule has 30 heavy (non-hydrogen) atoms. The van der Waals surface area contributed by atoms with Crippen LogP contribution in [0.3, 0.4) is 0 Å². The zero-order valence-corrected chi connectivity index (χ0v) is 17.6. The first-order valence-corrected chi connectivity index (χ1v) is 10.2. The maximum absolute atomic E-state index is 13.2. The summed E-state index contributed by atoms with van der Waals surface area (Å²) in [6, 6.07) is 5.21. The molecular weight excluding hydrogens is 449 g/mol. The molecule has 0 heterocycles. The van der Waals surface area contributed by atoms with E-state index < -0.39 is 39.4 Å². The van der Waals surface area contributed by atoms with Gasteiger partial charge in [0.05, 0.1) is 36.4 Å². The molecular formula is C18H18ClF3N2O5S. The smallest absolute Gasteiger partial charge is 0.418 e. The molecule has 0 aliphatic heterocycles. The second-order valence-corrected chi connectivity index (χ2v) is 8.19. The van der Waals surface area contributed by atoms with Crippen LogP contribution in [-0.4, -0.2) is 34.6 Å². The Kier molecular flexibility index (Phi) is 7.22. The summed E-state index contributed by atoms with van der Waals surface area (Å²) in [4.78, 5) is 12.1. The summed E-state index contributed by atoms with van der Waals surface area (Å²) < 4.78 is 76.8. The third kappa shape index (κ3) is 5.55. The highest BCUT2D eigenvalue weighted by atomic mass is 35.5. The number of benzene rings is 2. The van der Waals surface area contributed by atoms with Gasteiger partial charge in [-0.2, -0.15) is 17.9 Å². The fourth-order valence-corrected chi connectivity index (χ4v) is 3.83. The first-order valence-electron chi connectivity index (χ1n) is 8.31. The van der Waals surface area contributed by atoms with E-state index in [-0.39, 0.29) is 15.7 Å². The van der Waals surface area contributed by atoms with Gasteiger partial charge < -0.3 is 14.8 Å². The molecule has 2 rings (SSSR count). The van der Waals surface area contributed by atoms with Crippen LogP contribution >= 0.6 is 11.6 Å². The van der Waals surface area contributed by atoms with Crippen LogP contribution in [0.2, 0.25) is 5.02 Å². The van der Waals surface area contributed by atoms with Crippen LogP contribution in [0.4, 0.5) is 18.9 Å². The highest BCUT2D eigenvalue weighted by Crippen LogP contribution is 2.36. The Bertz CT molecular complexity index is 1040. The standard InChI is InChI=1S/C18H18ClF3N2O5S/c1-10(17(25)23-14-6-4-11(19)8-13(14)18(20,21)22)24-30(26,27)12-5-7-15(28-2)16(9-12)29-3/h4-10,24H,1-3H3,(H,23,25)/t10-/m1/s1. The minimum absolute atomic E-state index is 0.147. The first-order chi connectivity index (χ1) is 13.9. The number of nitrogens with one attached hydrogen (secondary N) is 2. The number of hydrogen-bond donors (Lipinski definition) is 2. The van der Waals surface area contributed by atoms with Gasteiger partial charge in [0, 0.05) is 11.1 Å². The van der Waals surface area contributed by atoms with Crippen molar-refractivity contribution >= 4 is 33.2 Å². The SMILES string of the molecule is COc1ccc(S(=O)(=O)N[C@H](C)C(=O)Nc2ccc(Cl)cc2C(F)(F)F)cc1OC. The van der Waals surface area contributed by atoms with Gasteiger partial charge in [-0.15, -0.1) is 0 Å². The summed E-state index contributed by atoms with van der Waals surface area (Å²) in [5, 5.41) is 1.91. The molecule has 164 valence electrons. The minimum Gasteiger partial charge on any atom is -0.493 e. The van der Waals surface area contributed by atoms with Crippen LogP contribution in [-0.2, 0) is 21.0 Å². The van der Waals surface area contributed by atoms with Crippen molar-refractivity contribution in [2.75, 3.05) is 19.5 Å². The number of alkyl halides is 3. The molecule has 0 saturated heterocycles. The molecule has 0 fully saturated rings. The third-order valence-electron chi connectivity index (χ3n) is 3.94. The van der Waals surface area contributed by atoms with Crippen LogP contribution in [0.25, 0.3) is 0 Å². The zero-order chi connectivity index (χ0) is 22.7. The number of halogens is 4. The van der Waals surface area contributed by atoms with Crippen molar-refractivity contribution in [2.24, 2.45) is 0 Å². The number of carbonyl (C=O) groups excluding carboxylic acids is 1. The third-order valence-corrected chi connectivity index (χ3v) is 5.71. The molecule has 2 aromatic rings. The van der Waals surface area contributed by atoms with Crippen molar-refractivity contribution in [1.29, 1.82) is 0 Å². The Morgan fingerprint density at radius 1 is 1.07 bits per heavy atom. The van der Waals surface area contributed by atoms with Gasteiger partial charge >= 0.3 is 6.18 Å². The van der Waals surface area contributed by atoms with E-state index in [4.69, 9.17) is 21.1 Å². The highest BCUT2D eigenvalue weighted by molar-refractivity contribution is 7.89. The Balaban J connectivity index is 2.22. The molecule has 0 radical (unpaired) electrons. The van der Waals surface area contributed by atoms with Gasteiger partial charge in [0.1, 0.15) is 0 Å². The van der Waals surface area contributed by atoms with Gasteiger partial charge in [-0.25, -0.2) is 8.42 Å². The van der Waals surface area contributed by atoms with E-state index in [9.17, 15) is 26.4 Å². The molecule has 0 aliphatic carbocycles. The maximum Gasteiger partial charge on any atom is 0.418 e. The topological polar surface area (TPSA) is 93.7 Å². The summed E-state index contributed by atoms with van der Waals surface area (Å²) in [7, 11) is -1.49. The summed E-state index contributed by atoms with van der Waals surface area (Å²) in [6.45, 7) is 1.19. The maximum atomic E-state index is 13.2. The Morgan fingerprint density at radius 2 is 1.70 bits per heavy atom. The lowest BCUT2D eigenvalue weighted by Crippen LogP contribution is -2.41. The van der Waals surface area contributed by atoms with Crippen LogP contribution in [0.5, 0.6) is 11.5 Å². The van der Waals surface area contributed by atoms with Crippen molar-refractivity contribution in [3.8, 4) is 11.5 Å². The summed E-state index contributed by atoms with van der Waals surface area (Å²) in [6.07, 6.45) is -4.77. The van der Waals surface area contributed by atoms with E-state index in [0.29, 0.717) is 11.8 Å². The molecule has 7 nitrogen and oxygen atoms in total. The number of carbonyl (C=O) groups is 1. The number of anilines is 1. The highest BCUT2D eigenvalue weighted by Gasteiger charge is 2.35. The predicted octanol–water partition coefficient (Wildman–Crippen LogP) is 3.68. The van der Waals surface area contributed by atoms with Gasteiger partial charge in [-0.1, -0.05) is 11.6 Å². The Labute approximate surface area is 176 Å². The fraction of sp³-hybridized carbons (Fsp3) is 0.278. The zero-order valence-electron chi connectivity index (χ0n) is 16.0. The number of ether oxygens (including phenoxy) is 2. The van der Waals surface area contributed by atoms with Crippen molar-refractivity contribution in [3.63, 3.8) is 0 Å². The van der Waals surface area contributed by atoms with E-state index in [1.54, 1.807) is 0 Å². The van der Waals surface area contributed by atoms with Gasteiger partial charge in [0.25, 0.3) is 0 Å². The van der Waals surface area contributed by atoms with Crippen molar-refractivity contribution in [1.82, 2.24) is 4.72 Å². The molecule has 2 aromatic carbocycles. The molecule has 0 bridgehead atoms. The summed E-state index contributed by atoms with van der Waals surface area (Å²) in [5.41, 5.74) is -1.70. The molecule has 12 heteroatoms. The van der Waals surface area contributed by atoms with Crippen molar-refractivity contribution < 1.29 is 35.9 Å². The van der Waals surface area contributed by atoms with Crippen LogP contribution in [0, 0.1) is 0 Å². The Hall–Kier alpha value is -2.50. The number of amides is 1. The summed E-state index contributed by atoms with van der Waals surface area (Å²) in [5.74, 6) is -0.551. The first kappa shape index (κ1) is 23.8. The van der Waals surface area contributed by atoms with Gasteiger partial charge in [-0.3, -0.25) is 4.79 Å². The van der Waals surface area contributed by atoms with Gasteiger partial charge in [0.2, 0.25) is 15.9 Å². The minimum atomic E-state index is -4.77. The second kappa shape index (κ2) is 9.11. The fourth-order valence-electron chi connectivity index (χ4n) is 2.44. The van der Waals surface area contributed by atoms with E-state index in [1.807, 2.05) is 0 Å². The van der Waals surface area contributed by atoms with Crippen LogP contribution in [0.1, 0.15) is 12.5 Å². The van der Waals surface area contributed by atoms with Crippen LogP contribution in [0.15, 0.2) is 41.3 Å². The molecule has 0 saturated carbocycles. The lowest BCUT2D eigenvalue weighted by atomic mass is 10.1. The molecule has 0 aromatic heterocycles. The monoisotopic (exact) mass is 466 g/mol. The number of hydrogen-bond acceptors (Lipinski definition) is 5. The normalized spacial score (nSPS) is 12.9. The average molecular weight is 467 g/mol. The van der Waals surface area contributed by atoms with E-state index in [1.165, 1.54) is 45.4 Å². The van der Waals surface area contributed by atoms with E-state index in [2.05, 4.69) is 10.0 Å².